The second kappa shape index (κ2) is 17.2. The molecule has 0 saturated carbocycles. The van der Waals surface area contributed by atoms with E-state index in [1.165, 1.54) is 16.8 Å². The number of rotatable bonds is 16. The number of aliphatic hydroxyl groups is 1. The van der Waals surface area contributed by atoms with Crippen molar-refractivity contribution in [3.8, 4) is 33.8 Å². The Morgan fingerprint density at radius 1 is 0.846 bits per heavy atom. The van der Waals surface area contributed by atoms with Crippen LogP contribution in [0, 0.1) is 0 Å². The number of ether oxygens (including phenoxy) is 5. The Hall–Kier alpha value is -4.04. The Morgan fingerprint density at radius 3 is 2.15 bits per heavy atom. The predicted octanol–water partition coefficient (Wildman–Crippen LogP) is 6.90. The summed E-state index contributed by atoms with van der Waals surface area (Å²) >= 11 is 0. The number of methoxy groups -OCH3 is 2. The van der Waals surface area contributed by atoms with Gasteiger partial charge in [-0.25, -0.2) is 4.79 Å². The molecule has 280 valence electrons. The van der Waals surface area contributed by atoms with E-state index in [1.54, 1.807) is 14.2 Å². The monoisotopic (exact) mass is 732 g/mol. The molecule has 52 heavy (non-hydrogen) atoms. The Balaban J connectivity index is 1.34. The highest BCUT2D eigenvalue weighted by molar-refractivity contribution is 6.77. The molecule has 12 heteroatoms. The van der Waals surface area contributed by atoms with Gasteiger partial charge in [-0.3, -0.25) is 14.3 Å². The Labute approximate surface area is 306 Å². The van der Waals surface area contributed by atoms with Gasteiger partial charge in [0, 0.05) is 17.8 Å². The molecule has 4 aromatic rings. The molecule has 0 spiro atoms. The zero-order valence-corrected chi connectivity index (χ0v) is 32.3. The third-order valence-electron chi connectivity index (χ3n) is 10.2. The highest BCUT2D eigenvalue weighted by atomic mass is 28.4. The van der Waals surface area contributed by atoms with Gasteiger partial charge in [-0.15, -0.1) is 0 Å². The fraction of sp³-hybridized carbons (Fsp3) is 0.450. The van der Waals surface area contributed by atoms with E-state index in [9.17, 15) is 14.7 Å². The largest absolute Gasteiger partial charge is 0.497 e. The van der Waals surface area contributed by atoms with E-state index in [0.717, 1.165) is 39.3 Å². The van der Waals surface area contributed by atoms with Gasteiger partial charge < -0.3 is 33.2 Å². The number of aliphatic hydroxyl groups excluding tert-OH is 1. The first-order valence-electron chi connectivity index (χ1n) is 17.8. The maximum absolute atomic E-state index is 12.9. The van der Waals surface area contributed by atoms with Gasteiger partial charge in [-0.2, -0.15) is 0 Å². The lowest BCUT2D eigenvalue weighted by atomic mass is 9.95. The summed E-state index contributed by atoms with van der Waals surface area (Å²) in [5, 5.41) is 11.6. The standard InChI is InChI=1S/C40H52N2O9Si/c1-25(2)52(26(3)4,27(5)6)50-24-49-38-37(44)35(51-39(38)42-20-19-36(43)41-40(42)45)23-48-22-30-11-9-10-12-32(30)29-15-18-34(47-8)33(21-29)28-13-16-31(46-7)17-14-28/h9-21,25-27,35,37-39,44H,22-24H2,1-8H3,(H,41,43,45)/t35-,37-,38-,39-/m1/s1. The summed E-state index contributed by atoms with van der Waals surface area (Å²) in [5.41, 5.74) is 4.62. The molecule has 2 heterocycles. The Kier molecular flexibility index (Phi) is 12.9. The van der Waals surface area contributed by atoms with Gasteiger partial charge in [0.05, 0.1) is 27.4 Å². The molecule has 3 aromatic carbocycles. The third-order valence-corrected chi connectivity index (χ3v) is 16.2. The number of hydrogen-bond donors (Lipinski definition) is 2. The molecule has 11 nitrogen and oxygen atoms in total. The summed E-state index contributed by atoms with van der Waals surface area (Å²) in [6, 6.07) is 23.1. The second-order valence-electron chi connectivity index (χ2n) is 14.1. The van der Waals surface area contributed by atoms with Crippen LogP contribution in [0.15, 0.2) is 88.6 Å². The third kappa shape index (κ3) is 8.27. The molecule has 0 radical (unpaired) electrons. The number of hydrogen-bond acceptors (Lipinski definition) is 9. The minimum Gasteiger partial charge on any atom is -0.497 e. The predicted molar refractivity (Wildman–Crippen MR) is 203 cm³/mol. The Morgan fingerprint density at radius 2 is 1.52 bits per heavy atom. The van der Waals surface area contributed by atoms with Crippen LogP contribution in [0.4, 0.5) is 0 Å². The fourth-order valence-electron chi connectivity index (χ4n) is 7.69. The molecule has 1 aliphatic heterocycles. The molecule has 5 rings (SSSR count). The molecular formula is C40H52N2O9Si. The van der Waals surface area contributed by atoms with Crippen molar-refractivity contribution in [2.24, 2.45) is 0 Å². The zero-order valence-electron chi connectivity index (χ0n) is 31.3. The van der Waals surface area contributed by atoms with Gasteiger partial charge in [-0.1, -0.05) is 84.0 Å². The molecular weight excluding hydrogens is 681 g/mol. The number of benzene rings is 3. The minimum atomic E-state index is -2.28. The van der Waals surface area contributed by atoms with Gasteiger partial charge in [0.15, 0.2) is 6.23 Å². The summed E-state index contributed by atoms with van der Waals surface area (Å²) in [6.07, 6.45) is -2.61. The smallest absolute Gasteiger partial charge is 0.330 e. The average molecular weight is 733 g/mol. The van der Waals surface area contributed by atoms with E-state index in [2.05, 4.69) is 52.6 Å². The molecule has 4 atom stereocenters. The van der Waals surface area contributed by atoms with Crippen molar-refractivity contribution < 1.29 is 33.2 Å². The molecule has 1 aromatic heterocycles. The van der Waals surface area contributed by atoms with Crippen molar-refractivity contribution in [3.05, 3.63) is 105 Å². The summed E-state index contributed by atoms with van der Waals surface area (Å²) in [5.74, 6) is 1.52. The lowest BCUT2D eigenvalue weighted by molar-refractivity contribution is -0.115. The van der Waals surface area contributed by atoms with Gasteiger partial charge in [0.25, 0.3) is 5.56 Å². The van der Waals surface area contributed by atoms with Crippen molar-refractivity contribution in [1.29, 1.82) is 0 Å². The second-order valence-corrected chi connectivity index (χ2v) is 19.6. The molecule has 1 fully saturated rings. The van der Waals surface area contributed by atoms with Crippen molar-refractivity contribution in [2.45, 2.75) is 89.3 Å². The quantitative estimate of drug-likeness (QED) is 0.0934. The maximum Gasteiger partial charge on any atom is 0.330 e. The number of nitrogens with zero attached hydrogens (tertiary/aromatic N) is 1. The van der Waals surface area contributed by atoms with Crippen LogP contribution in [0.5, 0.6) is 11.5 Å². The van der Waals surface area contributed by atoms with Crippen LogP contribution in [0.1, 0.15) is 53.3 Å². The summed E-state index contributed by atoms with van der Waals surface area (Å²) in [7, 11) is 1.01. The van der Waals surface area contributed by atoms with Crippen molar-refractivity contribution >= 4 is 8.32 Å². The first-order chi connectivity index (χ1) is 24.9. The van der Waals surface area contributed by atoms with Crippen LogP contribution in [-0.4, -0.2) is 68.9 Å². The van der Waals surface area contributed by atoms with Gasteiger partial charge in [-0.05, 0) is 63.1 Å². The van der Waals surface area contributed by atoms with Crippen LogP contribution in [0.2, 0.25) is 16.6 Å². The highest BCUT2D eigenvalue weighted by Crippen LogP contribution is 2.43. The van der Waals surface area contributed by atoms with Crippen LogP contribution in [-0.2, 0) is 25.2 Å². The van der Waals surface area contributed by atoms with E-state index in [1.807, 2.05) is 60.7 Å². The molecule has 0 aliphatic carbocycles. The topological polar surface area (TPSA) is 130 Å². The molecule has 0 amide bonds. The molecule has 1 aliphatic rings. The maximum atomic E-state index is 12.9. The van der Waals surface area contributed by atoms with Crippen LogP contribution < -0.4 is 20.7 Å². The lowest BCUT2D eigenvalue weighted by Crippen LogP contribution is -2.49. The number of nitrogens with one attached hydrogen (secondary N) is 1. The first-order valence-corrected chi connectivity index (χ1v) is 19.9. The zero-order chi connectivity index (χ0) is 37.6. The number of aromatic amines is 1. The van der Waals surface area contributed by atoms with E-state index in [-0.39, 0.29) is 20.0 Å². The van der Waals surface area contributed by atoms with Crippen LogP contribution in [0.3, 0.4) is 0 Å². The normalized spacial score (nSPS) is 19.2. The number of H-pyrrole nitrogens is 1. The minimum absolute atomic E-state index is 0.0210. The molecule has 1 saturated heterocycles. The summed E-state index contributed by atoms with van der Waals surface area (Å²) in [6.45, 7) is 13.3. The number of aromatic nitrogens is 2. The van der Waals surface area contributed by atoms with Crippen LogP contribution >= 0.6 is 0 Å². The summed E-state index contributed by atoms with van der Waals surface area (Å²) < 4.78 is 37.6. The molecule has 0 unspecified atom stereocenters. The van der Waals surface area contributed by atoms with Gasteiger partial charge >= 0.3 is 5.69 Å². The molecule has 2 N–H and O–H groups in total. The molecule has 0 bridgehead atoms. The summed E-state index contributed by atoms with van der Waals surface area (Å²) in [4.78, 5) is 27.0. The van der Waals surface area contributed by atoms with E-state index < -0.39 is 44.1 Å². The van der Waals surface area contributed by atoms with E-state index >= 15 is 0 Å². The van der Waals surface area contributed by atoms with Gasteiger partial charge in [0.2, 0.25) is 8.32 Å². The Bertz CT molecular complexity index is 1870. The van der Waals surface area contributed by atoms with Gasteiger partial charge in [0.1, 0.15) is 36.6 Å². The SMILES string of the molecule is COc1ccc(-c2cc(-c3ccccc3COC[C@H]3O[C@@H](n4ccc(=O)[nH]c4=O)[C@H](OCO[Si](C(C)C)(C(C)C)C(C)C)[C@@H]3O)ccc2OC)cc1. The van der Waals surface area contributed by atoms with E-state index in [4.69, 9.17) is 28.1 Å². The van der Waals surface area contributed by atoms with Crippen LogP contribution in [0.25, 0.3) is 22.3 Å². The average Bonchev–Trinajstić information content (AvgIpc) is 3.43. The highest BCUT2D eigenvalue weighted by Gasteiger charge is 2.48. The lowest BCUT2D eigenvalue weighted by Gasteiger charge is -2.42. The van der Waals surface area contributed by atoms with Crippen molar-refractivity contribution in [1.82, 2.24) is 9.55 Å². The first kappa shape index (κ1) is 39.2. The van der Waals surface area contributed by atoms with Crippen molar-refractivity contribution in [2.75, 3.05) is 27.6 Å². The van der Waals surface area contributed by atoms with E-state index in [0.29, 0.717) is 16.6 Å². The van der Waals surface area contributed by atoms with Crippen molar-refractivity contribution in [3.63, 3.8) is 0 Å². The fourth-order valence-corrected chi connectivity index (χ4v) is 13.0.